The van der Waals surface area contributed by atoms with Crippen LogP contribution in [0.15, 0.2) is 59.4 Å². The Bertz CT molecular complexity index is 901. The van der Waals surface area contributed by atoms with Gasteiger partial charge in [0.15, 0.2) is 5.43 Å². The molecule has 5 heteroatoms. The number of pyridine rings is 1. The third-order valence-corrected chi connectivity index (χ3v) is 3.55. The number of nitrogens with two attached hydrogens (primary N) is 1. The van der Waals surface area contributed by atoms with Gasteiger partial charge in [0.05, 0.1) is 11.1 Å². The number of hydrogen-bond acceptors (Lipinski definition) is 4. The monoisotopic (exact) mass is 308 g/mol. The first-order chi connectivity index (χ1) is 11.2. The van der Waals surface area contributed by atoms with Gasteiger partial charge in [-0.2, -0.15) is 0 Å². The van der Waals surface area contributed by atoms with Gasteiger partial charge >= 0.3 is 5.97 Å². The Hall–Kier alpha value is -2.92. The van der Waals surface area contributed by atoms with Crippen LogP contribution in [-0.4, -0.2) is 11.0 Å². The Morgan fingerprint density at radius 3 is 2.61 bits per heavy atom. The minimum absolute atomic E-state index is 0.122. The van der Waals surface area contributed by atoms with E-state index in [1.165, 1.54) is 6.07 Å². The van der Waals surface area contributed by atoms with E-state index in [-0.39, 0.29) is 18.6 Å². The van der Waals surface area contributed by atoms with E-state index in [1.807, 2.05) is 30.3 Å². The van der Waals surface area contributed by atoms with Gasteiger partial charge in [0.25, 0.3) is 0 Å². The van der Waals surface area contributed by atoms with Crippen molar-refractivity contribution in [3.8, 4) is 0 Å². The van der Waals surface area contributed by atoms with E-state index in [2.05, 4.69) is 4.98 Å². The summed E-state index contributed by atoms with van der Waals surface area (Å²) in [7, 11) is 0. The summed E-state index contributed by atoms with van der Waals surface area (Å²) in [6.07, 6.45) is 0. The molecule has 0 atom stereocenters. The molecule has 0 aliphatic carbocycles. The number of aromatic nitrogens is 1. The lowest BCUT2D eigenvalue weighted by molar-refractivity contribution is 0.0473. The molecule has 3 N–H and O–H groups in total. The highest BCUT2D eigenvalue weighted by Gasteiger charge is 2.10. The molecule has 1 aromatic heterocycles. The number of hydrogen-bond donors (Lipinski definition) is 2. The lowest BCUT2D eigenvalue weighted by Gasteiger charge is -2.07. The average Bonchev–Trinajstić information content (AvgIpc) is 2.60. The van der Waals surface area contributed by atoms with Crippen LogP contribution in [0.4, 0.5) is 0 Å². The maximum absolute atomic E-state index is 12.2. The van der Waals surface area contributed by atoms with Crippen molar-refractivity contribution in [1.29, 1.82) is 0 Å². The van der Waals surface area contributed by atoms with E-state index in [0.717, 1.165) is 5.56 Å². The summed E-state index contributed by atoms with van der Waals surface area (Å²) < 4.78 is 5.29. The van der Waals surface area contributed by atoms with E-state index in [9.17, 15) is 9.59 Å². The van der Waals surface area contributed by atoms with Crippen LogP contribution in [0.1, 0.15) is 21.6 Å². The fraction of sp³-hybridized carbons (Fsp3) is 0.111. The van der Waals surface area contributed by atoms with E-state index >= 15 is 0 Å². The third-order valence-electron chi connectivity index (χ3n) is 3.55. The predicted molar refractivity (Wildman–Crippen MR) is 88.0 cm³/mol. The van der Waals surface area contributed by atoms with E-state index in [1.54, 1.807) is 18.2 Å². The highest BCUT2D eigenvalue weighted by atomic mass is 16.5. The zero-order valence-corrected chi connectivity index (χ0v) is 12.4. The normalized spacial score (nSPS) is 10.7. The molecule has 23 heavy (non-hydrogen) atoms. The number of benzene rings is 2. The summed E-state index contributed by atoms with van der Waals surface area (Å²) in [5.74, 6) is -0.435. The molecule has 0 saturated carbocycles. The minimum Gasteiger partial charge on any atom is -0.457 e. The van der Waals surface area contributed by atoms with Crippen molar-refractivity contribution >= 4 is 16.9 Å². The second kappa shape index (κ2) is 6.46. The molecule has 0 spiro atoms. The molecule has 0 amide bonds. The number of esters is 1. The fourth-order valence-corrected chi connectivity index (χ4v) is 2.35. The zero-order chi connectivity index (χ0) is 16.2. The van der Waals surface area contributed by atoms with Gasteiger partial charge in [-0.05, 0) is 23.8 Å². The van der Waals surface area contributed by atoms with E-state index in [4.69, 9.17) is 10.5 Å². The van der Waals surface area contributed by atoms with Crippen molar-refractivity contribution in [1.82, 2.24) is 4.98 Å². The summed E-state index contributed by atoms with van der Waals surface area (Å²) in [5.41, 5.74) is 7.94. The first-order valence-corrected chi connectivity index (χ1v) is 7.24. The standard InChI is InChI=1S/C18H16N2O3/c19-10-14-9-17(21)15-7-6-13(8-16(15)20-14)18(22)23-11-12-4-2-1-3-5-12/h1-9H,10-11,19H2,(H,20,21). The minimum atomic E-state index is -0.435. The average molecular weight is 308 g/mol. The first-order valence-electron chi connectivity index (χ1n) is 7.24. The number of ether oxygens (including phenoxy) is 1. The lowest BCUT2D eigenvalue weighted by atomic mass is 10.1. The van der Waals surface area contributed by atoms with Crippen molar-refractivity contribution < 1.29 is 9.53 Å². The van der Waals surface area contributed by atoms with Gasteiger partial charge in [-0.1, -0.05) is 30.3 Å². The molecule has 0 bridgehead atoms. The molecule has 5 nitrogen and oxygen atoms in total. The van der Waals surface area contributed by atoms with Gasteiger partial charge in [-0.3, -0.25) is 4.79 Å². The van der Waals surface area contributed by atoms with Crippen LogP contribution >= 0.6 is 0 Å². The molecule has 0 radical (unpaired) electrons. The molecule has 0 saturated heterocycles. The Labute approximate surface area is 132 Å². The van der Waals surface area contributed by atoms with Gasteiger partial charge in [-0.15, -0.1) is 0 Å². The summed E-state index contributed by atoms with van der Waals surface area (Å²) in [4.78, 5) is 27.2. The molecular formula is C18H16N2O3. The molecule has 116 valence electrons. The maximum Gasteiger partial charge on any atom is 0.338 e. The summed E-state index contributed by atoms with van der Waals surface area (Å²) >= 11 is 0. The number of rotatable bonds is 4. The van der Waals surface area contributed by atoms with Crippen molar-refractivity contribution in [2.24, 2.45) is 5.73 Å². The maximum atomic E-state index is 12.2. The topological polar surface area (TPSA) is 85.2 Å². The van der Waals surface area contributed by atoms with Gasteiger partial charge in [-0.25, -0.2) is 4.79 Å². The van der Waals surface area contributed by atoms with Crippen molar-refractivity contribution in [3.63, 3.8) is 0 Å². The Balaban J connectivity index is 1.84. The van der Waals surface area contributed by atoms with Crippen LogP contribution in [0.2, 0.25) is 0 Å². The van der Waals surface area contributed by atoms with Crippen molar-refractivity contribution in [2.75, 3.05) is 0 Å². The molecule has 0 fully saturated rings. The Morgan fingerprint density at radius 2 is 1.87 bits per heavy atom. The second-order valence-corrected chi connectivity index (χ2v) is 5.19. The summed E-state index contributed by atoms with van der Waals surface area (Å²) in [6, 6.07) is 15.7. The van der Waals surface area contributed by atoms with E-state index < -0.39 is 5.97 Å². The number of carbonyl (C=O) groups excluding carboxylic acids is 1. The molecule has 0 aliphatic heterocycles. The number of H-pyrrole nitrogens is 1. The summed E-state index contributed by atoms with van der Waals surface area (Å²) in [6.45, 7) is 0.435. The molecule has 3 rings (SSSR count). The van der Waals surface area contributed by atoms with Crippen LogP contribution in [-0.2, 0) is 17.9 Å². The SMILES string of the molecule is NCc1cc(=O)c2ccc(C(=O)OCc3ccccc3)cc2[nH]1. The predicted octanol–water partition coefficient (Wildman–Crippen LogP) is 2.34. The molecule has 0 unspecified atom stereocenters. The Kier molecular flexibility index (Phi) is 4.21. The summed E-state index contributed by atoms with van der Waals surface area (Å²) in [5, 5.41) is 0.516. The molecular weight excluding hydrogens is 292 g/mol. The second-order valence-electron chi connectivity index (χ2n) is 5.19. The van der Waals surface area contributed by atoms with Crippen LogP contribution in [0, 0.1) is 0 Å². The number of aromatic amines is 1. The largest absolute Gasteiger partial charge is 0.457 e. The number of nitrogens with one attached hydrogen (secondary N) is 1. The highest BCUT2D eigenvalue weighted by molar-refractivity contribution is 5.94. The lowest BCUT2D eigenvalue weighted by Crippen LogP contribution is -2.10. The van der Waals surface area contributed by atoms with E-state index in [0.29, 0.717) is 22.2 Å². The van der Waals surface area contributed by atoms with Crippen LogP contribution in [0.25, 0.3) is 10.9 Å². The molecule has 3 aromatic rings. The quantitative estimate of drug-likeness (QED) is 0.724. The van der Waals surface area contributed by atoms with Crippen LogP contribution in [0.5, 0.6) is 0 Å². The number of carbonyl (C=O) groups is 1. The van der Waals surface area contributed by atoms with Crippen LogP contribution < -0.4 is 11.2 Å². The highest BCUT2D eigenvalue weighted by Crippen LogP contribution is 2.13. The zero-order valence-electron chi connectivity index (χ0n) is 12.4. The fourth-order valence-electron chi connectivity index (χ4n) is 2.35. The smallest absolute Gasteiger partial charge is 0.338 e. The van der Waals surface area contributed by atoms with Gasteiger partial charge in [0.1, 0.15) is 6.61 Å². The molecule has 2 aromatic carbocycles. The molecule has 0 aliphatic rings. The Morgan fingerprint density at radius 1 is 1.09 bits per heavy atom. The number of fused-ring (bicyclic) bond motifs is 1. The third kappa shape index (κ3) is 3.30. The van der Waals surface area contributed by atoms with Gasteiger partial charge in [0.2, 0.25) is 0 Å². The first kappa shape index (κ1) is 15.0. The molecule has 1 heterocycles. The van der Waals surface area contributed by atoms with Crippen molar-refractivity contribution in [3.05, 3.63) is 81.6 Å². The van der Waals surface area contributed by atoms with Crippen LogP contribution in [0.3, 0.4) is 0 Å². The van der Waals surface area contributed by atoms with Gasteiger partial charge in [0, 0.05) is 23.7 Å². The van der Waals surface area contributed by atoms with Crippen molar-refractivity contribution in [2.45, 2.75) is 13.2 Å². The van der Waals surface area contributed by atoms with Gasteiger partial charge < -0.3 is 15.5 Å².